The van der Waals surface area contributed by atoms with E-state index >= 15 is 0 Å². The van der Waals surface area contributed by atoms with Crippen molar-refractivity contribution in [3.63, 3.8) is 0 Å². The van der Waals surface area contributed by atoms with Gasteiger partial charge in [0.25, 0.3) is 10.0 Å². The van der Waals surface area contributed by atoms with E-state index in [0.29, 0.717) is 0 Å². The molecule has 0 aliphatic rings. The molecule has 0 heterocycles. The van der Waals surface area contributed by atoms with Crippen molar-refractivity contribution in [3.8, 4) is 0 Å². The minimum Gasteiger partial charge on any atom is -0.468 e. The molecule has 2 aromatic rings. The summed E-state index contributed by atoms with van der Waals surface area (Å²) in [6, 6.07) is 6.25. The van der Waals surface area contributed by atoms with E-state index in [-0.39, 0.29) is 35.7 Å². The van der Waals surface area contributed by atoms with Gasteiger partial charge in [-0.15, -0.1) is 0 Å². The molecule has 0 fully saturated rings. The van der Waals surface area contributed by atoms with Crippen LogP contribution >= 0.6 is 58.0 Å². The molecule has 2 aromatic carbocycles. The Morgan fingerprint density at radius 3 is 2.08 bits per heavy atom. The van der Waals surface area contributed by atoms with Gasteiger partial charge in [0.15, 0.2) is 0 Å². The monoisotopic (exact) mass is 475 g/mol. The summed E-state index contributed by atoms with van der Waals surface area (Å²) < 4.78 is 31.5. The lowest BCUT2D eigenvalue weighted by molar-refractivity contribution is -0.138. The van der Waals surface area contributed by atoms with Crippen LogP contribution in [-0.4, -0.2) is 28.0 Å². The topological polar surface area (TPSA) is 63.7 Å². The fourth-order valence-corrected chi connectivity index (χ4v) is 4.45. The first-order valence-corrected chi connectivity index (χ1v) is 10.1. The zero-order valence-electron chi connectivity index (χ0n) is 13.0. The molecule has 0 spiro atoms. The van der Waals surface area contributed by atoms with E-state index in [1.165, 1.54) is 24.3 Å². The minimum absolute atomic E-state index is 0.0214. The van der Waals surface area contributed by atoms with E-state index in [9.17, 15) is 13.2 Å². The van der Waals surface area contributed by atoms with E-state index in [0.717, 1.165) is 17.5 Å². The number of benzene rings is 2. The van der Waals surface area contributed by atoms with Crippen LogP contribution < -0.4 is 4.31 Å². The molecular formula is C15H10Cl5NO4S. The van der Waals surface area contributed by atoms with Crippen LogP contribution in [0.5, 0.6) is 0 Å². The Labute approximate surface area is 175 Å². The Bertz CT molecular complexity index is 965. The number of halogens is 5. The van der Waals surface area contributed by atoms with Crippen LogP contribution in [-0.2, 0) is 19.6 Å². The van der Waals surface area contributed by atoms with Crippen LogP contribution in [0.4, 0.5) is 5.69 Å². The van der Waals surface area contributed by atoms with Crippen molar-refractivity contribution >= 4 is 79.7 Å². The minimum atomic E-state index is -4.25. The zero-order valence-corrected chi connectivity index (χ0v) is 17.6. The average Bonchev–Trinajstić information content (AvgIpc) is 2.58. The fourth-order valence-electron chi connectivity index (χ4n) is 1.95. The lowest BCUT2D eigenvalue weighted by atomic mass is 10.3. The van der Waals surface area contributed by atoms with E-state index < -0.39 is 22.5 Å². The molecule has 11 heteroatoms. The third kappa shape index (κ3) is 4.50. The van der Waals surface area contributed by atoms with Crippen LogP contribution in [0.25, 0.3) is 0 Å². The second kappa shape index (κ2) is 8.42. The van der Waals surface area contributed by atoms with E-state index in [2.05, 4.69) is 4.74 Å². The molecule has 0 radical (unpaired) electrons. The van der Waals surface area contributed by atoms with Crippen molar-refractivity contribution in [1.82, 2.24) is 0 Å². The van der Waals surface area contributed by atoms with Gasteiger partial charge in [-0.1, -0.05) is 58.0 Å². The van der Waals surface area contributed by atoms with Crippen LogP contribution in [0, 0.1) is 0 Å². The Kier molecular flexibility index (Phi) is 6.93. The zero-order chi connectivity index (χ0) is 19.6. The van der Waals surface area contributed by atoms with Crippen LogP contribution in [0.1, 0.15) is 0 Å². The number of methoxy groups -OCH3 is 1. The van der Waals surface area contributed by atoms with E-state index in [4.69, 9.17) is 58.0 Å². The summed E-state index contributed by atoms with van der Waals surface area (Å²) in [6.07, 6.45) is 0. The average molecular weight is 478 g/mol. The maximum Gasteiger partial charge on any atom is 0.326 e. The van der Waals surface area contributed by atoms with Crippen LogP contribution in [0.15, 0.2) is 35.2 Å². The maximum atomic E-state index is 13.1. The summed E-state index contributed by atoms with van der Waals surface area (Å²) in [7, 11) is -3.12. The number of carbonyl (C=O) groups is 1. The lowest BCUT2D eigenvalue weighted by Gasteiger charge is -2.25. The van der Waals surface area contributed by atoms with Crippen molar-refractivity contribution in [2.75, 3.05) is 18.0 Å². The lowest BCUT2D eigenvalue weighted by Crippen LogP contribution is -2.36. The second-order valence-electron chi connectivity index (χ2n) is 4.88. The number of anilines is 1. The Hall–Kier alpha value is -0.890. The quantitative estimate of drug-likeness (QED) is 0.432. The van der Waals surface area contributed by atoms with Crippen molar-refractivity contribution in [3.05, 3.63) is 55.4 Å². The van der Waals surface area contributed by atoms with Gasteiger partial charge in [-0.25, -0.2) is 8.42 Å². The Morgan fingerprint density at radius 2 is 1.50 bits per heavy atom. The predicted octanol–water partition coefficient (Wildman–Crippen LogP) is 5.32. The largest absolute Gasteiger partial charge is 0.468 e. The molecule has 0 aliphatic heterocycles. The summed E-state index contributed by atoms with van der Waals surface area (Å²) in [5.74, 6) is -0.809. The number of hydrogen-bond donors (Lipinski definition) is 0. The van der Waals surface area contributed by atoms with Gasteiger partial charge in [-0.3, -0.25) is 9.10 Å². The Balaban J connectivity index is 2.66. The number of carbonyl (C=O) groups excluding carboxylic acids is 1. The summed E-state index contributed by atoms with van der Waals surface area (Å²) in [6.45, 7) is -0.642. The number of rotatable bonds is 5. The van der Waals surface area contributed by atoms with Crippen molar-refractivity contribution in [2.45, 2.75) is 4.90 Å². The highest BCUT2D eigenvalue weighted by molar-refractivity contribution is 7.92. The number of sulfonamides is 1. The van der Waals surface area contributed by atoms with Crippen LogP contribution in [0.3, 0.4) is 0 Å². The molecule has 26 heavy (non-hydrogen) atoms. The summed E-state index contributed by atoms with van der Waals surface area (Å²) >= 11 is 29.7. The van der Waals surface area contributed by atoms with Gasteiger partial charge in [0.05, 0.1) is 42.8 Å². The van der Waals surface area contributed by atoms with Crippen molar-refractivity contribution in [2.24, 2.45) is 0 Å². The molecular weight excluding hydrogens is 468 g/mol. The standard InChI is InChI=1S/C15H10Cl5NO4S/c1-25-15(22)7-21(14-6-12(19)11(18)5-13(14)20)26(23,24)8-2-3-9(16)10(17)4-8/h2-6H,7H2,1H3. The smallest absolute Gasteiger partial charge is 0.326 e. The first-order valence-electron chi connectivity index (χ1n) is 6.77. The first-order chi connectivity index (χ1) is 12.1. The molecule has 0 N–H and O–H groups in total. The molecule has 0 aromatic heterocycles. The van der Waals surface area contributed by atoms with Gasteiger partial charge >= 0.3 is 5.97 Å². The molecule has 0 aliphatic carbocycles. The molecule has 0 unspecified atom stereocenters. The molecule has 0 bridgehead atoms. The summed E-state index contributed by atoms with van der Waals surface area (Å²) in [4.78, 5) is 11.6. The first kappa shape index (κ1) is 21.4. The van der Waals surface area contributed by atoms with Gasteiger partial charge in [0, 0.05) is 0 Å². The summed E-state index contributed by atoms with van der Waals surface area (Å²) in [5, 5.41) is 0.381. The predicted molar refractivity (Wildman–Crippen MR) is 104 cm³/mol. The van der Waals surface area contributed by atoms with E-state index in [1.54, 1.807) is 0 Å². The fraction of sp³-hybridized carbons (Fsp3) is 0.133. The third-order valence-electron chi connectivity index (χ3n) is 3.24. The highest BCUT2D eigenvalue weighted by Gasteiger charge is 2.30. The van der Waals surface area contributed by atoms with Crippen molar-refractivity contribution < 1.29 is 17.9 Å². The van der Waals surface area contributed by atoms with Gasteiger partial charge < -0.3 is 4.74 Å². The number of ether oxygens (including phenoxy) is 1. The van der Waals surface area contributed by atoms with Gasteiger partial charge in [-0.2, -0.15) is 0 Å². The van der Waals surface area contributed by atoms with Gasteiger partial charge in [0.2, 0.25) is 0 Å². The summed E-state index contributed by atoms with van der Waals surface area (Å²) in [5.41, 5.74) is -0.0439. The molecule has 0 amide bonds. The SMILES string of the molecule is COC(=O)CN(c1cc(Cl)c(Cl)cc1Cl)S(=O)(=O)c1ccc(Cl)c(Cl)c1. The third-order valence-corrected chi connectivity index (χ3v) is 6.76. The maximum absolute atomic E-state index is 13.1. The van der Waals surface area contributed by atoms with Gasteiger partial charge in [-0.05, 0) is 30.3 Å². The number of hydrogen-bond acceptors (Lipinski definition) is 4. The van der Waals surface area contributed by atoms with Crippen molar-refractivity contribution in [1.29, 1.82) is 0 Å². The second-order valence-corrected chi connectivity index (χ2v) is 8.78. The van der Waals surface area contributed by atoms with Crippen LogP contribution in [0.2, 0.25) is 25.1 Å². The normalized spacial score (nSPS) is 11.3. The molecule has 2 rings (SSSR count). The molecule has 140 valence electrons. The van der Waals surface area contributed by atoms with Gasteiger partial charge in [0.1, 0.15) is 6.54 Å². The molecule has 0 saturated carbocycles. The molecule has 5 nitrogen and oxygen atoms in total. The number of nitrogens with zero attached hydrogens (tertiary/aromatic N) is 1. The Morgan fingerprint density at radius 1 is 0.923 bits per heavy atom. The molecule has 0 atom stereocenters. The highest BCUT2D eigenvalue weighted by Crippen LogP contribution is 2.37. The molecule has 0 saturated heterocycles. The number of esters is 1. The highest BCUT2D eigenvalue weighted by atomic mass is 35.5. The van der Waals surface area contributed by atoms with E-state index in [1.807, 2.05) is 0 Å².